The first-order valence-electron chi connectivity index (χ1n) is 9.68. The normalized spacial score (nSPS) is 10.7. The first kappa shape index (κ1) is 20.9. The van der Waals surface area contributed by atoms with Crippen molar-refractivity contribution in [2.24, 2.45) is 0 Å². The number of benzene rings is 2. The lowest BCUT2D eigenvalue weighted by atomic mass is 10.2. The second-order valence-corrected chi connectivity index (χ2v) is 7.64. The van der Waals surface area contributed by atoms with Gasteiger partial charge in [0.1, 0.15) is 5.75 Å². The summed E-state index contributed by atoms with van der Waals surface area (Å²) in [5, 5.41) is 12.4. The van der Waals surface area contributed by atoms with Crippen LogP contribution in [0.15, 0.2) is 53.7 Å². The van der Waals surface area contributed by atoms with Gasteiger partial charge in [-0.1, -0.05) is 54.9 Å². The molecule has 0 spiro atoms. The highest BCUT2D eigenvalue weighted by Crippen LogP contribution is 2.29. The largest absolute Gasteiger partial charge is 0.497 e. The van der Waals surface area contributed by atoms with E-state index in [1.165, 1.54) is 17.3 Å². The highest BCUT2D eigenvalue weighted by Gasteiger charge is 2.17. The third kappa shape index (κ3) is 5.38. The van der Waals surface area contributed by atoms with E-state index >= 15 is 0 Å². The Kier molecular flexibility index (Phi) is 7.30. The molecule has 0 saturated carbocycles. The van der Waals surface area contributed by atoms with Crippen molar-refractivity contribution >= 4 is 17.7 Å². The molecule has 152 valence electrons. The van der Waals surface area contributed by atoms with Crippen LogP contribution in [0.1, 0.15) is 25.3 Å². The molecule has 0 unspecified atom stereocenters. The Morgan fingerprint density at radius 2 is 1.97 bits per heavy atom. The van der Waals surface area contributed by atoms with Gasteiger partial charge in [-0.25, -0.2) is 0 Å². The number of unbranched alkanes of at least 4 members (excludes halogenated alkanes) is 1. The zero-order chi connectivity index (χ0) is 20.6. The summed E-state index contributed by atoms with van der Waals surface area (Å²) in [5.41, 5.74) is 3.03. The van der Waals surface area contributed by atoms with Gasteiger partial charge in [-0.3, -0.25) is 9.36 Å². The van der Waals surface area contributed by atoms with Crippen LogP contribution in [-0.4, -0.2) is 40.1 Å². The molecular formula is C22H26N4O2S. The number of hydrogen-bond acceptors (Lipinski definition) is 5. The number of ether oxygens (including phenoxy) is 1. The Bertz CT molecular complexity index is 954. The van der Waals surface area contributed by atoms with Gasteiger partial charge in [0.25, 0.3) is 0 Å². The molecule has 3 aromatic rings. The molecule has 0 saturated heterocycles. The van der Waals surface area contributed by atoms with E-state index in [-0.39, 0.29) is 5.91 Å². The lowest BCUT2D eigenvalue weighted by molar-refractivity contribution is -0.118. The van der Waals surface area contributed by atoms with Gasteiger partial charge < -0.3 is 10.1 Å². The molecule has 29 heavy (non-hydrogen) atoms. The van der Waals surface area contributed by atoms with Crippen LogP contribution in [-0.2, 0) is 4.79 Å². The van der Waals surface area contributed by atoms with Crippen LogP contribution >= 0.6 is 11.8 Å². The maximum Gasteiger partial charge on any atom is 0.230 e. The summed E-state index contributed by atoms with van der Waals surface area (Å²) >= 11 is 1.38. The van der Waals surface area contributed by atoms with E-state index in [9.17, 15) is 4.79 Å². The van der Waals surface area contributed by atoms with Crippen molar-refractivity contribution in [1.82, 2.24) is 20.1 Å². The second-order valence-electron chi connectivity index (χ2n) is 6.70. The van der Waals surface area contributed by atoms with Gasteiger partial charge in [0.05, 0.1) is 12.9 Å². The number of carbonyl (C=O) groups is 1. The number of carbonyl (C=O) groups excluding carboxylic acids is 1. The number of nitrogens with zero attached hydrogens (tertiary/aromatic N) is 3. The Morgan fingerprint density at radius 1 is 1.17 bits per heavy atom. The summed E-state index contributed by atoms with van der Waals surface area (Å²) in [6.45, 7) is 4.86. The van der Waals surface area contributed by atoms with Crippen LogP contribution in [0.3, 0.4) is 0 Å². The average molecular weight is 411 g/mol. The van der Waals surface area contributed by atoms with Gasteiger partial charge in [0, 0.05) is 17.8 Å². The molecular weight excluding hydrogens is 384 g/mol. The van der Waals surface area contributed by atoms with E-state index in [0.717, 1.165) is 29.8 Å². The molecule has 0 atom stereocenters. The van der Waals surface area contributed by atoms with Crippen LogP contribution in [0.5, 0.6) is 5.75 Å². The average Bonchev–Trinajstić information content (AvgIpc) is 3.17. The van der Waals surface area contributed by atoms with E-state index in [4.69, 9.17) is 4.74 Å². The number of aromatic nitrogens is 3. The first-order chi connectivity index (χ1) is 14.1. The van der Waals surface area contributed by atoms with Crippen LogP contribution in [0.4, 0.5) is 0 Å². The molecule has 0 fully saturated rings. The third-order valence-corrected chi connectivity index (χ3v) is 5.37. The molecule has 1 aromatic heterocycles. The standard InChI is InChI=1S/C22H26N4O2S/c1-4-5-13-23-20(27)15-29-22-25-24-21(17-7-6-8-19(14-17)28-3)26(22)18-11-9-16(2)10-12-18/h6-12,14H,4-5,13,15H2,1-3H3,(H,23,27). The number of methoxy groups -OCH3 is 1. The zero-order valence-corrected chi connectivity index (χ0v) is 17.8. The molecule has 1 heterocycles. The highest BCUT2D eigenvalue weighted by atomic mass is 32.2. The predicted octanol–water partition coefficient (Wildman–Crippen LogP) is 4.26. The topological polar surface area (TPSA) is 69.0 Å². The molecule has 1 N–H and O–H groups in total. The van der Waals surface area contributed by atoms with Gasteiger partial charge in [-0.05, 0) is 37.6 Å². The van der Waals surface area contributed by atoms with Crippen molar-refractivity contribution in [2.75, 3.05) is 19.4 Å². The number of hydrogen-bond donors (Lipinski definition) is 1. The molecule has 0 aliphatic rings. The van der Waals surface area contributed by atoms with Crippen molar-refractivity contribution < 1.29 is 9.53 Å². The van der Waals surface area contributed by atoms with E-state index in [0.29, 0.717) is 23.3 Å². The second kappa shape index (κ2) is 10.1. The third-order valence-electron chi connectivity index (χ3n) is 4.44. The van der Waals surface area contributed by atoms with E-state index in [2.05, 4.69) is 41.5 Å². The molecule has 0 radical (unpaired) electrons. The lowest BCUT2D eigenvalue weighted by Gasteiger charge is -2.11. The van der Waals surface area contributed by atoms with Crippen molar-refractivity contribution in [3.63, 3.8) is 0 Å². The molecule has 1 amide bonds. The fourth-order valence-electron chi connectivity index (χ4n) is 2.82. The first-order valence-corrected chi connectivity index (χ1v) is 10.7. The fraction of sp³-hybridized carbons (Fsp3) is 0.318. The highest BCUT2D eigenvalue weighted by molar-refractivity contribution is 7.99. The minimum Gasteiger partial charge on any atom is -0.497 e. The summed E-state index contributed by atoms with van der Waals surface area (Å²) < 4.78 is 7.34. The molecule has 0 aliphatic carbocycles. The Hall–Kier alpha value is -2.80. The number of nitrogens with one attached hydrogen (secondary N) is 1. The zero-order valence-electron chi connectivity index (χ0n) is 17.0. The molecule has 6 nitrogen and oxygen atoms in total. The van der Waals surface area contributed by atoms with Crippen LogP contribution in [0.2, 0.25) is 0 Å². The Labute approximate surface area is 175 Å². The lowest BCUT2D eigenvalue weighted by Crippen LogP contribution is -2.26. The van der Waals surface area contributed by atoms with Crippen LogP contribution in [0, 0.1) is 6.92 Å². The molecule has 7 heteroatoms. The van der Waals surface area contributed by atoms with E-state index < -0.39 is 0 Å². The molecule has 3 rings (SSSR count). The van der Waals surface area contributed by atoms with Gasteiger partial charge in [-0.2, -0.15) is 0 Å². The molecule has 2 aromatic carbocycles. The van der Waals surface area contributed by atoms with Crippen LogP contribution < -0.4 is 10.1 Å². The Morgan fingerprint density at radius 3 is 2.69 bits per heavy atom. The van der Waals surface area contributed by atoms with Gasteiger partial charge in [-0.15, -0.1) is 10.2 Å². The molecule has 0 bridgehead atoms. The Balaban J connectivity index is 1.91. The summed E-state index contributed by atoms with van der Waals surface area (Å²) in [7, 11) is 1.64. The van der Waals surface area contributed by atoms with Crippen molar-refractivity contribution in [2.45, 2.75) is 31.8 Å². The summed E-state index contributed by atoms with van der Waals surface area (Å²) in [4.78, 5) is 12.1. The monoisotopic (exact) mass is 410 g/mol. The van der Waals surface area contributed by atoms with Crippen molar-refractivity contribution in [1.29, 1.82) is 0 Å². The number of aryl methyl sites for hydroxylation is 1. The van der Waals surface area contributed by atoms with E-state index in [1.54, 1.807) is 7.11 Å². The van der Waals surface area contributed by atoms with Crippen molar-refractivity contribution in [3.05, 3.63) is 54.1 Å². The molecule has 0 aliphatic heterocycles. The minimum atomic E-state index is 0.00448. The smallest absolute Gasteiger partial charge is 0.230 e. The summed E-state index contributed by atoms with van der Waals surface area (Å²) in [6.07, 6.45) is 2.04. The van der Waals surface area contributed by atoms with E-state index in [1.807, 2.05) is 41.0 Å². The predicted molar refractivity (Wildman–Crippen MR) is 117 cm³/mol. The maximum absolute atomic E-state index is 12.1. The number of amides is 1. The van der Waals surface area contributed by atoms with Gasteiger partial charge in [0.2, 0.25) is 5.91 Å². The van der Waals surface area contributed by atoms with Gasteiger partial charge >= 0.3 is 0 Å². The van der Waals surface area contributed by atoms with Crippen LogP contribution in [0.25, 0.3) is 17.1 Å². The number of thioether (sulfide) groups is 1. The fourth-order valence-corrected chi connectivity index (χ4v) is 3.61. The summed E-state index contributed by atoms with van der Waals surface area (Å²) in [6, 6.07) is 15.9. The summed E-state index contributed by atoms with van der Waals surface area (Å²) in [5.74, 6) is 1.77. The number of rotatable bonds is 9. The SMILES string of the molecule is CCCCNC(=O)CSc1nnc(-c2cccc(OC)c2)n1-c1ccc(C)cc1. The maximum atomic E-state index is 12.1. The van der Waals surface area contributed by atoms with Crippen molar-refractivity contribution in [3.8, 4) is 22.8 Å². The minimum absolute atomic E-state index is 0.00448. The quantitative estimate of drug-likeness (QED) is 0.422. The van der Waals surface area contributed by atoms with Gasteiger partial charge in [0.15, 0.2) is 11.0 Å².